The number of hydrogen-bond acceptors (Lipinski definition) is 3. The van der Waals surface area contributed by atoms with Crippen molar-refractivity contribution in [2.45, 2.75) is 11.8 Å². The van der Waals surface area contributed by atoms with Gasteiger partial charge in [-0.25, -0.2) is 0 Å². The van der Waals surface area contributed by atoms with Gasteiger partial charge in [0.2, 0.25) is 0 Å². The largest absolute Gasteiger partial charge is 0.334 e. The molecule has 0 amide bonds. The third kappa shape index (κ3) is 4.34. The van der Waals surface area contributed by atoms with Crippen molar-refractivity contribution in [2.75, 3.05) is 11.6 Å². The summed E-state index contributed by atoms with van der Waals surface area (Å²) in [6.45, 7) is 1.91. The molecule has 2 aromatic carbocycles. The van der Waals surface area contributed by atoms with Crippen LogP contribution >= 0.6 is 11.8 Å². The number of amidine groups is 1. The van der Waals surface area contributed by atoms with Crippen molar-refractivity contribution in [3.8, 4) is 0 Å². The molecule has 0 saturated carbocycles. The Bertz CT molecular complexity index is 724. The number of aryl methyl sites for hydroxylation is 1. The molecule has 2 aromatic rings. The molecule has 0 saturated heterocycles. The van der Waals surface area contributed by atoms with Crippen LogP contribution in [0.3, 0.4) is 0 Å². The molecule has 110 valence electrons. The molecular formula is C15H16N2O2S2. The topological polar surface area (TPSA) is 58.5 Å². The fraction of sp³-hybridized carbons (Fsp3) is 0.133. The third-order valence-electron chi connectivity index (χ3n) is 2.74. The lowest BCUT2D eigenvalue weighted by atomic mass is 10.2. The summed E-state index contributed by atoms with van der Waals surface area (Å²) in [4.78, 5) is 0.189. The number of benzene rings is 2. The van der Waals surface area contributed by atoms with Crippen molar-refractivity contribution in [3.05, 3.63) is 60.2 Å². The summed E-state index contributed by atoms with van der Waals surface area (Å²) in [5.41, 5.74) is 1.80. The summed E-state index contributed by atoms with van der Waals surface area (Å²) in [5.74, 6) is 0. The second-order valence-corrected chi connectivity index (χ2v) is 6.78. The molecule has 0 aromatic heterocycles. The van der Waals surface area contributed by atoms with E-state index in [1.54, 1.807) is 30.5 Å². The van der Waals surface area contributed by atoms with Gasteiger partial charge in [-0.3, -0.25) is 0 Å². The normalized spacial score (nSPS) is 12.2. The Kier molecular flexibility index (Phi) is 5.03. The van der Waals surface area contributed by atoms with E-state index in [0.717, 1.165) is 11.3 Å². The quantitative estimate of drug-likeness (QED) is 0.694. The van der Waals surface area contributed by atoms with E-state index in [9.17, 15) is 8.42 Å². The maximum absolute atomic E-state index is 12.3. The lowest BCUT2D eigenvalue weighted by molar-refractivity contribution is 0.598. The number of rotatable bonds is 3. The van der Waals surface area contributed by atoms with Crippen LogP contribution in [-0.2, 0) is 10.0 Å². The van der Waals surface area contributed by atoms with E-state index in [-0.39, 0.29) is 4.90 Å². The van der Waals surface area contributed by atoms with Gasteiger partial charge in [0.1, 0.15) is 0 Å². The molecule has 0 aliphatic rings. The molecule has 0 heterocycles. The molecule has 21 heavy (non-hydrogen) atoms. The molecule has 0 atom stereocenters. The number of para-hydroxylation sites is 1. The van der Waals surface area contributed by atoms with Crippen LogP contribution in [0.5, 0.6) is 0 Å². The van der Waals surface area contributed by atoms with Crippen LogP contribution in [0.4, 0.5) is 5.69 Å². The number of thioether (sulfide) groups is 1. The molecule has 0 spiro atoms. The van der Waals surface area contributed by atoms with E-state index in [1.165, 1.54) is 11.8 Å². The van der Waals surface area contributed by atoms with E-state index in [1.807, 2.05) is 37.3 Å². The van der Waals surface area contributed by atoms with E-state index in [2.05, 4.69) is 9.71 Å². The predicted molar refractivity (Wildman–Crippen MR) is 89.4 cm³/mol. The van der Waals surface area contributed by atoms with Gasteiger partial charge in [-0.1, -0.05) is 47.7 Å². The highest BCUT2D eigenvalue weighted by Gasteiger charge is 2.14. The fourth-order valence-electron chi connectivity index (χ4n) is 1.63. The third-order valence-corrected chi connectivity index (χ3v) is 4.73. The Labute approximate surface area is 129 Å². The van der Waals surface area contributed by atoms with Crippen molar-refractivity contribution in [2.24, 2.45) is 4.40 Å². The molecule has 0 unspecified atom stereocenters. The second kappa shape index (κ2) is 6.78. The van der Waals surface area contributed by atoms with Gasteiger partial charge in [0.05, 0.1) is 4.90 Å². The van der Waals surface area contributed by atoms with Gasteiger partial charge in [-0.05, 0) is 37.4 Å². The van der Waals surface area contributed by atoms with E-state index in [0.29, 0.717) is 5.17 Å². The minimum Gasteiger partial charge on any atom is -0.334 e. The highest BCUT2D eigenvalue weighted by Crippen LogP contribution is 2.16. The zero-order chi connectivity index (χ0) is 15.3. The number of sulfonamides is 1. The summed E-state index contributed by atoms with van der Waals surface area (Å²) in [5, 5.41) is 3.33. The predicted octanol–water partition coefficient (Wildman–Crippen LogP) is 3.51. The van der Waals surface area contributed by atoms with Gasteiger partial charge in [-0.2, -0.15) is 8.42 Å². The van der Waals surface area contributed by atoms with Crippen LogP contribution in [-0.4, -0.2) is 19.8 Å². The SMILES string of the molecule is CS/C(=N\S(=O)(=O)c1ccc(C)cc1)Nc1ccccc1. The number of hydrogen-bond donors (Lipinski definition) is 1. The van der Waals surface area contributed by atoms with Crippen molar-refractivity contribution in [1.82, 2.24) is 0 Å². The highest BCUT2D eigenvalue weighted by atomic mass is 32.2. The Hall–Kier alpha value is -1.79. The zero-order valence-electron chi connectivity index (χ0n) is 11.8. The standard InChI is InChI=1S/C15H16N2O2S2/c1-12-8-10-14(11-9-12)21(18,19)17-15(20-2)16-13-6-4-3-5-7-13/h3-11H,1-2H3,(H,16,17). The van der Waals surface area contributed by atoms with E-state index < -0.39 is 10.0 Å². The average Bonchev–Trinajstić information content (AvgIpc) is 2.48. The summed E-state index contributed by atoms with van der Waals surface area (Å²) < 4.78 is 28.4. The van der Waals surface area contributed by atoms with Crippen LogP contribution in [0.15, 0.2) is 63.9 Å². The lowest BCUT2D eigenvalue weighted by Gasteiger charge is -2.07. The molecule has 2 rings (SSSR count). The molecule has 6 heteroatoms. The van der Waals surface area contributed by atoms with Crippen molar-refractivity contribution in [3.63, 3.8) is 0 Å². The van der Waals surface area contributed by atoms with Crippen molar-refractivity contribution >= 4 is 32.6 Å². The van der Waals surface area contributed by atoms with Crippen LogP contribution in [0.2, 0.25) is 0 Å². The van der Waals surface area contributed by atoms with E-state index in [4.69, 9.17) is 0 Å². The van der Waals surface area contributed by atoms with Crippen LogP contribution in [0.1, 0.15) is 5.56 Å². The van der Waals surface area contributed by atoms with Crippen LogP contribution in [0.25, 0.3) is 0 Å². The lowest BCUT2D eigenvalue weighted by Crippen LogP contribution is -2.10. The Balaban J connectivity index is 2.28. The number of anilines is 1. The van der Waals surface area contributed by atoms with Gasteiger partial charge >= 0.3 is 0 Å². The molecular weight excluding hydrogens is 304 g/mol. The van der Waals surface area contributed by atoms with Gasteiger partial charge in [0, 0.05) is 5.69 Å². The monoisotopic (exact) mass is 320 g/mol. The molecule has 0 fully saturated rings. The number of nitrogens with zero attached hydrogens (tertiary/aromatic N) is 1. The summed E-state index contributed by atoms with van der Waals surface area (Å²) in [6, 6.07) is 16.0. The van der Waals surface area contributed by atoms with Crippen LogP contribution < -0.4 is 5.32 Å². The van der Waals surface area contributed by atoms with E-state index >= 15 is 0 Å². The van der Waals surface area contributed by atoms with Crippen molar-refractivity contribution < 1.29 is 8.42 Å². The molecule has 0 aliphatic carbocycles. The summed E-state index contributed by atoms with van der Waals surface area (Å²) in [7, 11) is -3.70. The van der Waals surface area contributed by atoms with Gasteiger partial charge in [0.15, 0.2) is 5.17 Å². The van der Waals surface area contributed by atoms with Crippen LogP contribution in [0, 0.1) is 6.92 Å². The average molecular weight is 320 g/mol. The Morgan fingerprint density at radius 3 is 2.24 bits per heavy atom. The first kappa shape index (κ1) is 15.6. The van der Waals surface area contributed by atoms with Crippen molar-refractivity contribution in [1.29, 1.82) is 0 Å². The summed E-state index contributed by atoms with van der Waals surface area (Å²) >= 11 is 1.25. The van der Waals surface area contributed by atoms with Gasteiger partial charge in [-0.15, -0.1) is 4.40 Å². The first-order valence-electron chi connectivity index (χ1n) is 6.29. The highest BCUT2D eigenvalue weighted by molar-refractivity contribution is 8.14. The minimum atomic E-state index is -3.70. The first-order chi connectivity index (χ1) is 10.0. The minimum absolute atomic E-state index is 0.189. The van der Waals surface area contributed by atoms with Gasteiger partial charge < -0.3 is 5.32 Å². The smallest absolute Gasteiger partial charge is 0.284 e. The molecule has 0 aliphatic heterocycles. The maximum Gasteiger partial charge on any atom is 0.284 e. The molecule has 0 radical (unpaired) electrons. The van der Waals surface area contributed by atoms with Gasteiger partial charge in [0.25, 0.3) is 10.0 Å². The second-order valence-electron chi connectivity index (χ2n) is 4.38. The zero-order valence-corrected chi connectivity index (χ0v) is 13.4. The fourth-order valence-corrected chi connectivity index (χ4v) is 3.29. The summed E-state index contributed by atoms with van der Waals surface area (Å²) in [6.07, 6.45) is 1.78. The maximum atomic E-state index is 12.3. The molecule has 4 nitrogen and oxygen atoms in total. The molecule has 0 bridgehead atoms. The molecule has 1 N–H and O–H groups in total. The Morgan fingerprint density at radius 2 is 1.67 bits per heavy atom. The number of nitrogens with one attached hydrogen (secondary N) is 1. The Morgan fingerprint density at radius 1 is 1.05 bits per heavy atom. The first-order valence-corrected chi connectivity index (χ1v) is 8.95.